The molecule has 1 heteroatoms. The second-order valence-corrected chi connectivity index (χ2v) is 17.2. The summed E-state index contributed by atoms with van der Waals surface area (Å²) in [5.41, 5.74) is 17.8. The van der Waals surface area contributed by atoms with Crippen LogP contribution in [0.5, 0.6) is 0 Å². The zero-order chi connectivity index (χ0) is 44.5. The highest BCUT2D eigenvalue weighted by Gasteiger charge is 2.19. The first-order valence-corrected chi connectivity index (χ1v) is 23.1. The van der Waals surface area contributed by atoms with Gasteiger partial charge >= 0.3 is 0 Å². The van der Waals surface area contributed by atoms with Crippen molar-refractivity contribution in [3.05, 3.63) is 273 Å². The maximum absolute atomic E-state index is 2.38. The molecule has 314 valence electrons. The minimum Gasteiger partial charge on any atom is -0.310 e. The van der Waals surface area contributed by atoms with E-state index in [-0.39, 0.29) is 0 Å². The third-order valence-electron chi connectivity index (χ3n) is 13.3. The summed E-state index contributed by atoms with van der Waals surface area (Å²) in [4.78, 5) is 2.38. The molecule has 0 aliphatic rings. The third-order valence-corrected chi connectivity index (χ3v) is 13.3. The van der Waals surface area contributed by atoms with Crippen LogP contribution in [0.3, 0.4) is 0 Å². The Kier molecular flexibility index (Phi) is 10.3. The molecule has 0 atom stereocenters. The number of benzene rings is 12. The monoisotopic (exact) mass is 851 g/mol. The van der Waals surface area contributed by atoms with E-state index in [0.29, 0.717) is 0 Å². The van der Waals surface area contributed by atoms with Crippen LogP contribution < -0.4 is 4.90 Å². The van der Waals surface area contributed by atoms with Crippen LogP contribution in [0, 0.1) is 0 Å². The standard InChI is InChI=1S/C66H45N/c1-3-16-46(17-4-1)62-26-11-12-27-65(62)66-63(49-18-5-2-6-19-49)30-15-31-64(66)54-33-32-53-45-57(43-38-52(53)44-54)67(55-39-34-50(35-40-55)60-28-13-22-47-20-7-9-24-58(47)60)56-41-36-51(37-42-56)61-29-14-23-48-21-8-10-25-59(48)61/h1-45H. The predicted octanol–water partition coefficient (Wildman–Crippen LogP) is 18.6. The summed E-state index contributed by atoms with van der Waals surface area (Å²) >= 11 is 0. The molecule has 0 N–H and O–H groups in total. The Balaban J connectivity index is 0.970. The minimum absolute atomic E-state index is 1.09. The molecule has 0 saturated carbocycles. The van der Waals surface area contributed by atoms with Crippen LogP contribution in [0.25, 0.3) is 99.1 Å². The first kappa shape index (κ1) is 39.8. The summed E-state index contributed by atoms with van der Waals surface area (Å²) in [7, 11) is 0. The van der Waals surface area contributed by atoms with Gasteiger partial charge in [-0.25, -0.2) is 0 Å². The van der Waals surface area contributed by atoms with Gasteiger partial charge in [0.1, 0.15) is 0 Å². The molecule has 0 aliphatic heterocycles. The average molecular weight is 852 g/mol. The van der Waals surface area contributed by atoms with Gasteiger partial charge in [0.15, 0.2) is 0 Å². The second-order valence-electron chi connectivity index (χ2n) is 17.2. The number of hydrogen-bond donors (Lipinski definition) is 0. The van der Waals surface area contributed by atoms with E-state index in [9.17, 15) is 0 Å². The fourth-order valence-corrected chi connectivity index (χ4v) is 10.0. The second kappa shape index (κ2) is 17.3. The van der Waals surface area contributed by atoms with Crippen molar-refractivity contribution in [2.75, 3.05) is 4.90 Å². The Morgan fingerprint density at radius 1 is 0.194 bits per heavy atom. The number of anilines is 3. The van der Waals surface area contributed by atoms with E-state index in [2.05, 4.69) is 278 Å². The van der Waals surface area contributed by atoms with E-state index in [1.165, 1.54) is 99.1 Å². The Hall–Kier alpha value is -8.78. The molecule has 0 heterocycles. The molecule has 0 saturated heterocycles. The van der Waals surface area contributed by atoms with Gasteiger partial charge < -0.3 is 4.90 Å². The predicted molar refractivity (Wildman–Crippen MR) is 286 cm³/mol. The van der Waals surface area contributed by atoms with Gasteiger partial charge in [-0.2, -0.15) is 0 Å². The van der Waals surface area contributed by atoms with Gasteiger partial charge in [0.2, 0.25) is 0 Å². The molecule has 0 unspecified atom stereocenters. The average Bonchev–Trinajstić information content (AvgIpc) is 3.41. The first-order valence-electron chi connectivity index (χ1n) is 23.1. The molecule has 0 amide bonds. The van der Waals surface area contributed by atoms with Crippen molar-refractivity contribution in [2.24, 2.45) is 0 Å². The van der Waals surface area contributed by atoms with Crippen molar-refractivity contribution >= 4 is 49.4 Å². The van der Waals surface area contributed by atoms with E-state index in [1.807, 2.05) is 0 Å². The molecule has 12 rings (SSSR count). The molecule has 67 heavy (non-hydrogen) atoms. The summed E-state index contributed by atoms with van der Waals surface area (Å²) in [5, 5.41) is 7.36. The maximum atomic E-state index is 2.38. The molecule has 0 bridgehead atoms. The summed E-state index contributed by atoms with van der Waals surface area (Å²) in [6.07, 6.45) is 0. The highest BCUT2D eigenvalue weighted by Crippen LogP contribution is 2.45. The van der Waals surface area contributed by atoms with E-state index < -0.39 is 0 Å². The Morgan fingerprint density at radius 2 is 0.567 bits per heavy atom. The van der Waals surface area contributed by atoms with Crippen LogP contribution in [-0.2, 0) is 0 Å². The Labute approximate surface area is 392 Å². The highest BCUT2D eigenvalue weighted by atomic mass is 15.1. The number of rotatable bonds is 9. The minimum atomic E-state index is 1.09. The summed E-state index contributed by atoms with van der Waals surface area (Å²) in [6.45, 7) is 0. The molecule has 12 aromatic rings. The van der Waals surface area contributed by atoms with Crippen LogP contribution in [-0.4, -0.2) is 0 Å². The molecular formula is C66H45N. The van der Waals surface area contributed by atoms with E-state index in [4.69, 9.17) is 0 Å². The van der Waals surface area contributed by atoms with Crippen molar-refractivity contribution in [3.63, 3.8) is 0 Å². The van der Waals surface area contributed by atoms with Gasteiger partial charge in [-0.15, -0.1) is 0 Å². The van der Waals surface area contributed by atoms with E-state index >= 15 is 0 Å². The zero-order valence-corrected chi connectivity index (χ0v) is 36.9. The van der Waals surface area contributed by atoms with Crippen molar-refractivity contribution < 1.29 is 0 Å². The van der Waals surface area contributed by atoms with Crippen molar-refractivity contribution in [3.8, 4) is 66.8 Å². The first-order chi connectivity index (χ1) is 33.2. The van der Waals surface area contributed by atoms with Gasteiger partial charge in [-0.1, -0.05) is 231 Å². The molecular weight excluding hydrogens is 807 g/mol. The molecule has 0 spiro atoms. The Bertz CT molecular complexity index is 3590. The Morgan fingerprint density at radius 3 is 1.16 bits per heavy atom. The van der Waals surface area contributed by atoms with E-state index in [0.717, 1.165) is 17.1 Å². The summed E-state index contributed by atoms with van der Waals surface area (Å²) in [5.74, 6) is 0. The van der Waals surface area contributed by atoms with Crippen LogP contribution in [0.15, 0.2) is 273 Å². The number of fused-ring (bicyclic) bond motifs is 3. The zero-order valence-electron chi connectivity index (χ0n) is 36.9. The largest absolute Gasteiger partial charge is 0.310 e. The van der Waals surface area contributed by atoms with Crippen molar-refractivity contribution in [1.82, 2.24) is 0 Å². The summed E-state index contributed by atoms with van der Waals surface area (Å²) < 4.78 is 0. The molecule has 0 aliphatic carbocycles. The SMILES string of the molecule is c1ccc(-c2ccccc2-c2c(-c3ccccc3)cccc2-c2ccc3cc(N(c4ccc(-c5cccc6ccccc56)cc4)c4ccc(-c5cccc6ccccc56)cc4)ccc3c2)cc1. The number of hydrogen-bond acceptors (Lipinski definition) is 1. The fourth-order valence-electron chi connectivity index (χ4n) is 10.0. The van der Waals surface area contributed by atoms with Crippen molar-refractivity contribution in [2.45, 2.75) is 0 Å². The van der Waals surface area contributed by atoms with Gasteiger partial charge in [0.05, 0.1) is 0 Å². The molecule has 12 aromatic carbocycles. The lowest BCUT2D eigenvalue weighted by atomic mass is 9.84. The lowest BCUT2D eigenvalue weighted by Gasteiger charge is -2.26. The molecule has 0 radical (unpaired) electrons. The molecule has 0 aromatic heterocycles. The van der Waals surface area contributed by atoms with Crippen LogP contribution >= 0.6 is 0 Å². The van der Waals surface area contributed by atoms with Crippen LogP contribution in [0.2, 0.25) is 0 Å². The maximum Gasteiger partial charge on any atom is 0.0468 e. The lowest BCUT2D eigenvalue weighted by Crippen LogP contribution is -2.09. The van der Waals surface area contributed by atoms with Crippen LogP contribution in [0.1, 0.15) is 0 Å². The highest BCUT2D eigenvalue weighted by molar-refractivity contribution is 6.02. The van der Waals surface area contributed by atoms with Gasteiger partial charge in [0.25, 0.3) is 0 Å². The third kappa shape index (κ3) is 7.53. The topological polar surface area (TPSA) is 3.24 Å². The van der Waals surface area contributed by atoms with E-state index in [1.54, 1.807) is 0 Å². The van der Waals surface area contributed by atoms with Gasteiger partial charge in [-0.3, -0.25) is 0 Å². The fraction of sp³-hybridized carbons (Fsp3) is 0. The smallest absolute Gasteiger partial charge is 0.0468 e. The number of nitrogens with zero attached hydrogens (tertiary/aromatic N) is 1. The summed E-state index contributed by atoms with van der Waals surface area (Å²) in [6, 6.07) is 99.4. The normalized spacial score (nSPS) is 11.3. The van der Waals surface area contributed by atoms with Crippen LogP contribution in [0.4, 0.5) is 17.1 Å². The van der Waals surface area contributed by atoms with Crippen molar-refractivity contribution in [1.29, 1.82) is 0 Å². The van der Waals surface area contributed by atoms with Gasteiger partial charge in [0, 0.05) is 17.1 Å². The molecule has 1 nitrogen and oxygen atoms in total. The van der Waals surface area contributed by atoms with Gasteiger partial charge in [-0.05, 0) is 142 Å². The molecule has 0 fully saturated rings. The quantitative estimate of drug-likeness (QED) is 0.140. The lowest BCUT2D eigenvalue weighted by molar-refractivity contribution is 1.29.